The maximum Gasteiger partial charge on any atom is 0.471 e. The van der Waals surface area contributed by atoms with Gasteiger partial charge in [0.15, 0.2) is 0 Å². The van der Waals surface area contributed by atoms with Gasteiger partial charge in [0, 0.05) is 16.7 Å². The Bertz CT molecular complexity index is 761. The van der Waals surface area contributed by atoms with Crippen LogP contribution in [-0.2, 0) is 22.6 Å². The van der Waals surface area contributed by atoms with Crippen molar-refractivity contribution in [2.24, 2.45) is 0 Å². The van der Waals surface area contributed by atoms with Gasteiger partial charge in [-0.2, -0.15) is 13.2 Å². The fourth-order valence-electron chi connectivity index (χ4n) is 2.03. The molecule has 2 aromatic rings. The lowest BCUT2D eigenvalue weighted by atomic mass is 10.1. The third kappa shape index (κ3) is 5.90. The SMILES string of the molecule is O=C(Cc1ccc(Br)cc1)NCc1ccccc1NC(=O)C(F)(F)F. The summed E-state index contributed by atoms with van der Waals surface area (Å²) in [6.07, 6.45) is -4.83. The lowest BCUT2D eigenvalue weighted by Gasteiger charge is -2.13. The number of rotatable bonds is 5. The highest BCUT2D eigenvalue weighted by atomic mass is 79.9. The van der Waals surface area contributed by atoms with Crippen molar-refractivity contribution in [1.29, 1.82) is 0 Å². The van der Waals surface area contributed by atoms with Crippen molar-refractivity contribution in [1.82, 2.24) is 5.32 Å². The summed E-state index contributed by atoms with van der Waals surface area (Å²) in [5.74, 6) is -2.33. The van der Waals surface area contributed by atoms with Gasteiger partial charge < -0.3 is 10.6 Å². The van der Waals surface area contributed by atoms with Crippen LogP contribution in [0.2, 0.25) is 0 Å². The molecule has 2 rings (SSSR count). The number of carbonyl (C=O) groups is 2. The molecule has 0 fully saturated rings. The van der Waals surface area contributed by atoms with Crippen molar-refractivity contribution in [3.63, 3.8) is 0 Å². The number of hydrogen-bond acceptors (Lipinski definition) is 2. The minimum absolute atomic E-state index is 0.00364. The summed E-state index contributed by atoms with van der Waals surface area (Å²) in [6.45, 7) is 0.00364. The highest BCUT2D eigenvalue weighted by Crippen LogP contribution is 2.21. The molecule has 8 heteroatoms. The molecular weight excluding hydrogens is 401 g/mol. The van der Waals surface area contributed by atoms with Gasteiger partial charge in [-0.1, -0.05) is 46.3 Å². The molecule has 2 aromatic carbocycles. The average molecular weight is 415 g/mol. The van der Waals surface area contributed by atoms with Gasteiger partial charge in [0.05, 0.1) is 6.42 Å². The van der Waals surface area contributed by atoms with Gasteiger partial charge >= 0.3 is 12.1 Å². The van der Waals surface area contributed by atoms with E-state index in [2.05, 4.69) is 21.2 Å². The lowest BCUT2D eigenvalue weighted by molar-refractivity contribution is -0.167. The Balaban J connectivity index is 1.97. The number of carbonyl (C=O) groups excluding carboxylic acids is 2. The summed E-state index contributed by atoms with van der Waals surface area (Å²) in [7, 11) is 0. The Labute approximate surface area is 150 Å². The van der Waals surface area contributed by atoms with Crippen molar-refractivity contribution < 1.29 is 22.8 Å². The molecule has 0 radical (unpaired) electrons. The van der Waals surface area contributed by atoms with E-state index in [0.29, 0.717) is 5.56 Å². The van der Waals surface area contributed by atoms with Crippen LogP contribution in [-0.4, -0.2) is 18.0 Å². The predicted octanol–water partition coefficient (Wildman–Crippen LogP) is 3.81. The van der Waals surface area contributed by atoms with Gasteiger partial charge in [0.1, 0.15) is 0 Å². The van der Waals surface area contributed by atoms with E-state index >= 15 is 0 Å². The van der Waals surface area contributed by atoms with Crippen LogP contribution in [0.3, 0.4) is 0 Å². The summed E-state index contributed by atoms with van der Waals surface area (Å²) in [6, 6.07) is 13.2. The average Bonchev–Trinajstić information content (AvgIpc) is 2.55. The molecule has 0 atom stereocenters. The second-order valence-electron chi connectivity index (χ2n) is 5.19. The van der Waals surface area contributed by atoms with Crippen LogP contribution in [0.25, 0.3) is 0 Å². The highest BCUT2D eigenvalue weighted by molar-refractivity contribution is 9.10. The quantitative estimate of drug-likeness (QED) is 0.781. The molecule has 0 aliphatic carbocycles. The molecule has 0 aliphatic rings. The van der Waals surface area contributed by atoms with Crippen molar-refractivity contribution in [3.05, 3.63) is 64.1 Å². The van der Waals surface area contributed by atoms with Gasteiger partial charge in [-0.3, -0.25) is 9.59 Å². The Morgan fingerprint density at radius 2 is 1.64 bits per heavy atom. The van der Waals surface area contributed by atoms with Gasteiger partial charge in [-0.25, -0.2) is 0 Å². The fourth-order valence-corrected chi connectivity index (χ4v) is 2.30. The maximum atomic E-state index is 12.4. The number of alkyl halides is 3. The highest BCUT2D eigenvalue weighted by Gasteiger charge is 2.38. The van der Waals surface area contributed by atoms with E-state index in [0.717, 1.165) is 10.0 Å². The molecule has 25 heavy (non-hydrogen) atoms. The molecule has 132 valence electrons. The number of hydrogen-bond donors (Lipinski definition) is 2. The Morgan fingerprint density at radius 3 is 2.28 bits per heavy atom. The Kier molecular flexibility index (Phi) is 6.19. The molecule has 0 unspecified atom stereocenters. The first-order chi connectivity index (χ1) is 11.8. The molecule has 2 amide bonds. The lowest BCUT2D eigenvalue weighted by Crippen LogP contribution is -2.31. The van der Waals surface area contributed by atoms with E-state index in [4.69, 9.17) is 0 Å². The van der Waals surface area contributed by atoms with Crippen molar-refractivity contribution in [2.75, 3.05) is 5.32 Å². The maximum absolute atomic E-state index is 12.4. The second-order valence-corrected chi connectivity index (χ2v) is 6.10. The third-order valence-corrected chi connectivity index (χ3v) is 3.81. The van der Waals surface area contributed by atoms with Crippen LogP contribution in [0.1, 0.15) is 11.1 Å². The van der Waals surface area contributed by atoms with Crippen LogP contribution < -0.4 is 10.6 Å². The molecule has 2 N–H and O–H groups in total. The molecule has 0 saturated carbocycles. The van der Waals surface area contributed by atoms with Gasteiger partial charge in [-0.05, 0) is 29.3 Å². The fraction of sp³-hybridized carbons (Fsp3) is 0.176. The molecule has 0 heterocycles. The monoisotopic (exact) mass is 414 g/mol. The Morgan fingerprint density at radius 1 is 1.00 bits per heavy atom. The van der Waals surface area contributed by atoms with Crippen molar-refractivity contribution >= 4 is 33.4 Å². The molecule has 0 spiro atoms. The smallest absolute Gasteiger partial charge is 0.352 e. The number of anilines is 1. The summed E-state index contributed by atoms with van der Waals surface area (Å²) < 4.78 is 38.0. The zero-order chi connectivity index (χ0) is 18.4. The zero-order valence-electron chi connectivity index (χ0n) is 12.9. The number of benzene rings is 2. The first kappa shape index (κ1) is 19.0. The van der Waals surface area contributed by atoms with E-state index in [1.54, 1.807) is 18.2 Å². The third-order valence-electron chi connectivity index (χ3n) is 3.28. The first-order valence-corrected chi connectivity index (χ1v) is 8.02. The summed E-state index contributed by atoms with van der Waals surface area (Å²) in [5, 5.41) is 4.44. The Hall–Kier alpha value is -2.35. The molecule has 0 aromatic heterocycles. The molecule has 0 bridgehead atoms. The van der Waals surface area contributed by atoms with Crippen LogP contribution in [0.4, 0.5) is 18.9 Å². The van der Waals surface area contributed by atoms with E-state index < -0.39 is 12.1 Å². The van der Waals surface area contributed by atoms with E-state index in [1.807, 2.05) is 17.4 Å². The van der Waals surface area contributed by atoms with Crippen molar-refractivity contribution in [2.45, 2.75) is 19.1 Å². The van der Waals surface area contributed by atoms with Crippen LogP contribution in [0.15, 0.2) is 53.0 Å². The largest absolute Gasteiger partial charge is 0.471 e. The topological polar surface area (TPSA) is 58.2 Å². The van der Waals surface area contributed by atoms with E-state index in [-0.39, 0.29) is 24.6 Å². The summed E-state index contributed by atoms with van der Waals surface area (Å²) in [4.78, 5) is 23.0. The number of para-hydroxylation sites is 1. The second kappa shape index (κ2) is 8.15. The van der Waals surface area contributed by atoms with E-state index in [1.165, 1.54) is 18.2 Å². The van der Waals surface area contributed by atoms with Crippen LogP contribution in [0, 0.1) is 0 Å². The minimum atomic E-state index is -4.97. The van der Waals surface area contributed by atoms with Gasteiger partial charge in [0.2, 0.25) is 5.91 Å². The number of amides is 2. The first-order valence-electron chi connectivity index (χ1n) is 7.23. The van der Waals surface area contributed by atoms with Crippen LogP contribution >= 0.6 is 15.9 Å². The predicted molar refractivity (Wildman–Crippen MR) is 90.8 cm³/mol. The standard InChI is InChI=1S/C17H14BrF3N2O2/c18-13-7-5-11(6-8-13)9-15(24)22-10-12-3-1-2-4-14(12)23-16(25)17(19,20)21/h1-8H,9-10H2,(H,22,24)(H,23,25). The number of halogens is 4. The molecule has 4 nitrogen and oxygen atoms in total. The van der Waals surface area contributed by atoms with Gasteiger partial charge in [-0.15, -0.1) is 0 Å². The molecule has 0 aliphatic heterocycles. The normalized spacial score (nSPS) is 11.0. The van der Waals surface area contributed by atoms with E-state index in [9.17, 15) is 22.8 Å². The van der Waals surface area contributed by atoms with Crippen LogP contribution in [0.5, 0.6) is 0 Å². The summed E-state index contributed by atoms with van der Waals surface area (Å²) >= 11 is 3.30. The molecule has 0 saturated heterocycles. The number of nitrogens with one attached hydrogen (secondary N) is 2. The van der Waals surface area contributed by atoms with Crippen molar-refractivity contribution in [3.8, 4) is 0 Å². The minimum Gasteiger partial charge on any atom is -0.352 e. The summed E-state index contributed by atoms with van der Waals surface area (Å²) in [5.41, 5.74) is 1.19. The zero-order valence-corrected chi connectivity index (χ0v) is 14.4. The molecular formula is C17H14BrF3N2O2. The van der Waals surface area contributed by atoms with Gasteiger partial charge in [0.25, 0.3) is 0 Å².